The molecule has 0 aromatic rings. The first-order valence-corrected chi connectivity index (χ1v) is 20.7. The highest BCUT2D eigenvalue weighted by molar-refractivity contribution is 7.58. The summed E-state index contributed by atoms with van der Waals surface area (Å²) in [5.41, 5.74) is 10.9. The average Bonchev–Trinajstić information content (AvgIpc) is 2.95. The average molecular weight is 720 g/mol. The van der Waals surface area contributed by atoms with Crippen LogP contribution >= 0.6 is 15.6 Å². The van der Waals surface area contributed by atoms with E-state index in [9.17, 15) is 23.8 Å². The van der Waals surface area contributed by atoms with Crippen LogP contribution in [0.25, 0.3) is 0 Å². The molecule has 0 aliphatic rings. The Morgan fingerprint density at radius 1 is 0.429 bits per heavy atom. The van der Waals surface area contributed by atoms with Gasteiger partial charge in [-0.25, -0.2) is 0 Å². The molecule has 0 rings (SSSR count). The van der Waals surface area contributed by atoms with E-state index in [1.54, 1.807) is 0 Å². The van der Waals surface area contributed by atoms with Crippen LogP contribution in [0.5, 0.6) is 0 Å². The number of phosphoric ester groups is 1. The zero-order valence-corrected chi connectivity index (χ0v) is 33.8. The summed E-state index contributed by atoms with van der Waals surface area (Å²) in [5, 5.41) is 0. The van der Waals surface area contributed by atoms with Crippen LogP contribution in [0.2, 0.25) is 0 Å². The number of hydrogen-bond acceptors (Lipinski definition) is 7. The van der Waals surface area contributed by atoms with Crippen molar-refractivity contribution in [3.63, 3.8) is 0 Å². The fraction of sp³-hybridized carbons (Fsp3) is 0.600. The minimum atomic E-state index is -5.66. The number of hydrogen-bond donors (Lipinski definition) is 0. The molecule has 0 amide bonds. The molecule has 0 radical (unpaired) electrons. The largest absolute Gasteiger partial charge is 0.790 e. The lowest BCUT2D eigenvalue weighted by molar-refractivity contribution is -0.339. The van der Waals surface area contributed by atoms with Crippen molar-refractivity contribution in [2.24, 2.45) is 0 Å². The summed E-state index contributed by atoms with van der Waals surface area (Å²) >= 11 is 0. The Kier molecular flexibility index (Phi) is 25.9. The highest BCUT2D eigenvalue weighted by Crippen LogP contribution is 2.50. The molecule has 0 aliphatic heterocycles. The van der Waals surface area contributed by atoms with Crippen molar-refractivity contribution in [1.82, 2.24) is 0 Å². The molecule has 0 heterocycles. The standard InChI is InChI=1S/C40H68O7P2/c1-33(2)17-10-18-34(3)19-11-20-35(4)21-12-22-36(5)23-13-24-37(6)25-14-26-38(7)27-15-28-39(8)29-16-30-40(9)31-32-46-49(44,45)47-48(41,42)43/h17,19,21,23,25,27,29,31H,10-16,18,20,22,24,26,28,30,32H2,1-9H3,(H,44,45)(H2,41,42,43)/p-3/b34-19+,35-21+,36-23+,37-25+,38-27+,39-29+,40-31+. The summed E-state index contributed by atoms with van der Waals surface area (Å²) in [6, 6.07) is 0. The third-order valence-corrected chi connectivity index (χ3v) is 10.2. The maximum Gasteiger partial charge on any atom is 0.272 e. The second-order valence-corrected chi connectivity index (χ2v) is 16.4. The molecule has 0 spiro atoms. The number of allylic oxidation sites excluding steroid dienone is 15. The van der Waals surface area contributed by atoms with E-state index in [0.29, 0.717) is 6.42 Å². The van der Waals surface area contributed by atoms with Crippen LogP contribution in [0.15, 0.2) is 93.2 Å². The third kappa shape index (κ3) is 31.9. The second-order valence-electron chi connectivity index (χ2n) is 13.7. The Morgan fingerprint density at radius 2 is 0.673 bits per heavy atom. The van der Waals surface area contributed by atoms with Gasteiger partial charge < -0.3 is 23.8 Å². The lowest BCUT2D eigenvalue weighted by Crippen LogP contribution is -2.19. The van der Waals surface area contributed by atoms with E-state index in [2.05, 4.69) is 107 Å². The normalized spacial score (nSPS) is 15.9. The molecule has 0 aliphatic carbocycles. The van der Waals surface area contributed by atoms with Gasteiger partial charge in [-0.3, -0.25) is 8.88 Å². The predicted molar refractivity (Wildman–Crippen MR) is 203 cm³/mol. The highest BCUT2D eigenvalue weighted by Gasteiger charge is 2.10. The summed E-state index contributed by atoms with van der Waals surface area (Å²) in [6.45, 7) is 19.1. The zero-order chi connectivity index (χ0) is 37.3. The SMILES string of the molecule is CC(C)=CCC/C(C)=C/CC/C(C)=C/CC/C(C)=C/CC/C(C)=C/CC/C(C)=C/CC/C(C)=C/CC/C(C)=C/COP(=O)([O-])OP(=O)([O-])[O-]. The van der Waals surface area contributed by atoms with Gasteiger partial charge in [0, 0.05) is 0 Å². The molecule has 0 N–H and O–H groups in total. The molecular weight excluding hydrogens is 654 g/mol. The Balaban J connectivity index is 4.28. The molecule has 0 saturated carbocycles. The lowest BCUT2D eigenvalue weighted by atomic mass is 10.0. The molecule has 9 heteroatoms. The Labute approximate surface area is 299 Å². The van der Waals surface area contributed by atoms with Crippen LogP contribution in [0.3, 0.4) is 0 Å². The van der Waals surface area contributed by atoms with E-state index in [1.165, 1.54) is 45.1 Å². The van der Waals surface area contributed by atoms with Gasteiger partial charge in [0.2, 0.25) is 0 Å². The van der Waals surface area contributed by atoms with Gasteiger partial charge in [-0.2, -0.15) is 0 Å². The van der Waals surface area contributed by atoms with E-state index in [4.69, 9.17) is 0 Å². The number of rotatable bonds is 26. The molecule has 1 unspecified atom stereocenters. The van der Waals surface area contributed by atoms with Gasteiger partial charge in [-0.1, -0.05) is 93.2 Å². The topological polar surface area (TPSA) is 122 Å². The monoisotopic (exact) mass is 719 g/mol. The van der Waals surface area contributed by atoms with Crippen LogP contribution in [-0.2, 0) is 18.0 Å². The van der Waals surface area contributed by atoms with Gasteiger partial charge >= 0.3 is 0 Å². The maximum absolute atomic E-state index is 11.3. The van der Waals surface area contributed by atoms with Crippen LogP contribution in [0.1, 0.15) is 152 Å². The summed E-state index contributed by atoms with van der Waals surface area (Å²) in [6.07, 6.45) is 32.6. The van der Waals surface area contributed by atoms with Gasteiger partial charge in [-0.05, 0) is 152 Å². The fourth-order valence-corrected chi connectivity index (χ4v) is 6.42. The van der Waals surface area contributed by atoms with Crippen molar-refractivity contribution in [2.45, 2.75) is 152 Å². The Bertz CT molecular complexity index is 1320. The third-order valence-electron chi connectivity index (χ3n) is 8.14. The first-order valence-electron chi connectivity index (χ1n) is 17.8. The quantitative estimate of drug-likeness (QED) is 0.0644. The van der Waals surface area contributed by atoms with Crippen molar-refractivity contribution in [3.05, 3.63) is 93.2 Å². The molecule has 280 valence electrons. The minimum Gasteiger partial charge on any atom is -0.790 e. The van der Waals surface area contributed by atoms with Crippen molar-refractivity contribution < 1.29 is 32.6 Å². The van der Waals surface area contributed by atoms with E-state index in [1.807, 2.05) is 6.92 Å². The van der Waals surface area contributed by atoms with Crippen LogP contribution < -0.4 is 14.7 Å². The van der Waals surface area contributed by atoms with Crippen molar-refractivity contribution in [1.29, 1.82) is 0 Å². The number of phosphoric acid groups is 2. The predicted octanol–water partition coefficient (Wildman–Crippen LogP) is 11.4. The molecule has 0 saturated heterocycles. The van der Waals surface area contributed by atoms with Crippen LogP contribution in [-0.4, -0.2) is 6.61 Å². The van der Waals surface area contributed by atoms with E-state index < -0.39 is 15.6 Å². The van der Waals surface area contributed by atoms with Crippen molar-refractivity contribution in [2.75, 3.05) is 6.61 Å². The fourth-order valence-electron chi connectivity index (χ4n) is 5.00. The Hall–Kier alpha value is -1.82. The zero-order valence-electron chi connectivity index (χ0n) is 32.0. The van der Waals surface area contributed by atoms with Crippen molar-refractivity contribution >= 4 is 15.6 Å². The summed E-state index contributed by atoms with van der Waals surface area (Å²) in [5.74, 6) is 0. The maximum atomic E-state index is 11.3. The van der Waals surface area contributed by atoms with Gasteiger partial charge in [0.25, 0.3) is 7.82 Å². The van der Waals surface area contributed by atoms with Crippen molar-refractivity contribution in [3.8, 4) is 0 Å². The second kappa shape index (κ2) is 26.9. The van der Waals surface area contributed by atoms with E-state index in [-0.39, 0.29) is 6.61 Å². The summed E-state index contributed by atoms with van der Waals surface area (Å²) in [7, 11) is -10.8. The smallest absolute Gasteiger partial charge is 0.272 e. The first-order chi connectivity index (χ1) is 22.9. The summed E-state index contributed by atoms with van der Waals surface area (Å²) < 4.78 is 29.5. The molecule has 7 nitrogen and oxygen atoms in total. The molecular formula is C40H65O7P2-3. The van der Waals surface area contributed by atoms with Crippen LogP contribution in [0, 0.1) is 0 Å². The lowest BCUT2D eigenvalue weighted by Gasteiger charge is -2.34. The first kappa shape index (κ1) is 47.2. The molecule has 0 aromatic carbocycles. The summed E-state index contributed by atoms with van der Waals surface area (Å²) in [4.78, 5) is 32.1. The highest BCUT2D eigenvalue weighted by atomic mass is 31.3. The van der Waals surface area contributed by atoms with Gasteiger partial charge in [0.05, 0.1) is 14.4 Å². The minimum absolute atomic E-state index is 0.390. The molecule has 0 bridgehead atoms. The van der Waals surface area contributed by atoms with Crippen LogP contribution in [0.4, 0.5) is 0 Å². The van der Waals surface area contributed by atoms with E-state index >= 15 is 0 Å². The van der Waals surface area contributed by atoms with Gasteiger partial charge in [0.1, 0.15) is 0 Å². The molecule has 49 heavy (non-hydrogen) atoms. The molecule has 0 fully saturated rings. The van der Waals surface area contributed by atoms with Gasteiger partial charge in [0.15, 0.2) is 0 Å². The van der Waals surface area contributed by atoms with E-state index in [0.717, 1.165) is 89.0 Å². The molecule has 0 aromatic heterocycles. The molecule has 1 atom stereocenters. The van der Waals surface area contributed by atoms with Gasteiger partial charge in [-0.15, -0.1) is 0 Å². The Morgan fingerprint density at radius 3 is 0.918 bits per heavy atom.